The van der Waals surface area contributed by atoms with Gasteiger partial charge in [-0.25, -0.2) is 4.98 Å². The molecule has 0 radical (unpaired) electrons. The molecule has 3 aromatic heterocycles. The Morgan fingerprint density at radius 1 is 1.21 bits per heavy atom. The van der Waals surface area contributed by atoms with Gasteiger partial charge in [0.15, 0.2) is 0 Å². The van der Waals surface area contributed by atoms with E-state index in [4.69, 9.17) is 16.0 Å². The highest BCUT2D eigenvalue weighted by molar-refractivity contribution is 6.37. The first-order chi connectivity index (χ1) is 13.5. The van der Waals surface area contributed by atoms with Gasteiger partial charge in [-0.05, 0) is 24.6 Å². The molecule has 152 valence electrons. The second-order valence-corrected chi connectivity index (χ2v) is 6.87. The number of hydrogen-bond acceptors (Lipinski definition) is 3. The van der Waals surface area contributed by atoms with Gasteiger partial charge in [-0.15, -0.1) is 0 Å². The summed E-state index contributed by atoms with van der Waals surface area (Å²) in [5.41, 5.74) is 0.206. The lowest BCUT2D eigenvalue weighted by molar-refractivity contribution is -0.286. The lowest BCUT2D eigenvalue weighted by Crippen LogP contribution is -2.40. The maximum absolute atomic E-state index is 14.0. The summed E-state index contributed by atoms with van der Waals surface area (Å²) in [6, 6.07) is 3.84. The van der Waals surface area contributed by atoms with Gasteiger partial charge < -0.3 is 14.0 Å². The molecular formula is C18H11ClF5N3O2. The maximum Gasteiger partial charge on any atom is 0.455 e. The molecule has 0 fully saturated rings. The highest BCUT2D eigenvalue weighted by Crippen LogP contribution is 2.42. The van der Waals surface area contributed by atoms with Crippen LogP contribution < -0.4 is 5.56 Å². The Morgan fingerprint density at radius 2 is 1.93 bits per heavy atom. The van der Waals surface area contributed by atoms with Gasteiger partial charge in [-0.3, -0.25) is 4.79 Å². The minimum absolute atomic E-state index is 0.0381. The fourth-order valence-electron chi connectivity index (χ4n) is 3.41. The summed E-state index contributed by atoms with van der Waals surface area (Å²) >= 11 is 6.21. The SMILES string of the molecule is Cc1c(-c2ncco2)n(CC(F)(F)C(F)(F)F)c2ccc3[nH]c(=O)cc(Cl)c3c12. The Kier molecular flexibility index (Phi) is 4.23. The molecule has 0 amide bonds. The van der Waals surface area contributed by atoms with Crippen LogP contribution in [0.2, 0.25) is 5.02 Å². The molecule has 0 atom stereocenters. The molecule has 0 bridgehead atoms. The zero-order valence-corrected chi connectivity index (χ0v) is 15.3. The molecule has 1 aromatic carbocycles. The van der Waals surface area contributed by atoms with Crippen LogP contribution in [-0.2, 0) is 6.54 Å². The second kappa shape index (κ2) is 6.31. The van der Waals surface area contributed by atoms with Crippen molar-refractivity contribution in [3.8, 4) is 11.6 Å². The van der Waals surface area contributed by atoms with E-state index >= 15 is 0 Å². The summed E-state index contributed by atoms with van der Waals surface area (Å²) in [5.74, 6) is -5.12. The minimum Gasteiger partial charge on any atom is -0.443 e. The normalized spacial score (nSPS) is 12.9. The first-order valence-corrected chi connectivity index (χ1v) is 8.58. The second-order valence-electron chi connectivity index (χ2n) is 6.46. The Hall–Kier alpha value is -2.88. The molecule has 0 aliphatic rings. The fraction of sp³-hybridized carbons (Fsp3) is 0.222. The van der Waals surface area contributed by atoms with E-state index in [0.717, 1.165) is 10.6 Å². The van der Waals surface area contributed by atoms with Gasteiger partial charge in [0.05, 0.1) is 23.3 Å². The lowest BCUT2D eigenvalue weighted by atomic mass is 10.1. The molecule has 0 spiro atoms. The lowest BCUT2D eigenvalue weighted by Gasteiger charge is -2.21. The number of aromatic amines is 1. The number of H-pyrrole nitrogens is 1. The number of nitrogens with zero attached hydrogens (tertiary/aromatic N) is 2. The Morgan fingerprint density at radius 3 is 2.55 bits per heavy atom. The zero-order chi connectivity index (χ0) is 21.1. The fourth-order valence-corrected chi connectivity index (χ4v) is 3.71. The topological polar surface area (TPSA) is 63.8 Å². The van der Waals surface area contributed by atoms with Crippen molar-refractivity contribution in [3.63, 3.8) is 0 Å². The van der Waals surface area contributed by atoms with E-state index in [-0.39, 0.29) is 22.1 Å². The number of halogens is 6. The molecule has 5 nitrogen and oxygen atoms in total. The number of hydrogen-bond donors (Lipinski definition) is 1. The quantitative estimate of drug-likeness (QED) is 0.448. The van der Waals surface area contributed by atoms with Crippen LogP contribution in [0.25, 0.3) is 33.4 Å². The Bertz CT molecular complexity index is 1290. The number of oxazole rings is 1. The Balaban J connectivity index is 2.12. The molecule has 3 heterocycles. The van der Waals surface area contributed by atoms with Gasteiger partial charge in [0.2, 0.25) is 11.4 Å². The van der Waals surface area contributed by atoms with E-state index in [1.54, 1.807) is 0 Å². The largest absolute Gasteiger partial charge is 0.455 e. The van der Waals surface area contributed by atoms with Crippen molar-refractivity contribution in [2.45, 2.75) is 25.6 Å². The first kappa shape index (κ1) is 19.4. The number of alkyl halides is 5. The monoisotopic (exact) mass is 431 g/mol. The smallest absolute Gasteiger partial charge is 0.443 e. The number of aromatic nitrogens is 3. The van der Waals surface area contributed by atoms with Gasteiger partial charge in [0, 0.05) is 22.4 Å². The molecule has 0 unspecified atom stereocenters. The summed E-state index contributed by atoms with van der Waals surface area (Å²) in [5, 5.41) is 0.675. The number of fused-ring (bicyclic) bond motifs is 3. The van der Waals surface area contributed by atoms with E-state index in [1.807, 2.05) is 0 Å². The predicted octanol–water partition coefficient (Wildman–Crippen LogP) is 5.30. The molecule has 11 heteroatoms. The van der Waals surface area contributed by atoms with E-state index < -0.39 is 24.2 Å². The van der Waals surface area contributed by atoms with Gasteiger partial charge >= 0.3 is 12.1 Å². The van der Waals surface area contributed by atoms with Crippen LogP contribution in [0.1, 0.15) is 5.56 Å². The van der Waals surface area contributed by atoms with Crippen LogP contribution in [0.5, 0.6) is 0 Å². The summed E-state index contributed by atoms with van der Waals surface area (Å²) in [6.45, 7) is -0.143. The molecule has 1 N–H and O–H groups in total. The average Bonchev–Trinajstić information content (AvgIpc) is 3.20. The van der Waals surface area contributed by atoms with Crippen molar-refractivity contribution in [2.75, 3.05) is 0 Å². The van der Waals surface area contributed by atoms with Gasteiger partial charge in [-0.2, -0.15) is 22.0 Å². The first-order valence-electron chi connectivity index (χ1n) is 8.20. The van der Waals surface area contributed by atoms with Crippen LogP contribution in [0.3, 0.4) is 0 Å². The molecule has 0 saturated carbocycles. The van der Waals surface area contributed by atoms with Crippen molar-refractivity contribution in [1.29, 1.82) is 0 Å². The molecule has 29 heavy (non-hydrogen) atoms. The van der Waals surface area contributed by atoms with E-state index in [2.05, 4.69) is 9.97 Å². The van der Waals surface area contributed by atoms with Crippen molar-refractivity contribution in [1.82, 2.24) is 14.5 Å². The number of pyridine rings is 1. The molecule has 4 aromatic rings. The van der Waals surface area contributed by atoms with Crippen LogP contribution in [0, 0.1) is 6.92 Å². The maximum atomic E-state index is 14.0. The van der Waals surface area contributed by atoms with E-state index in [0.29, 0.717) is 21.9 Å². The number of nitrogens with one attached hydrogen (secondary N) is 1. The average molecular weight is 432 g/mol. The van der Waals surface area contributed by atoms with Crippen molar-refractivity contribution in [3.05, 3.63) is 51.6 Å². The summed E-state index contributed by atoms with van der Waals surface area (Å²) < 4.78 is 72.6. The van der Waals surface area contributed by atoms with Crippen LogP contribution in [0.4, 0.5) is 22.0 Å². The molecular weight excluding hydrogens is 421 g/mol. The van der Waals surface area contributed by atoms with Crippen LogP contribution in [-0.4, -0.2) is 26.6 Å². The van der Waals surface area contributed by atoms with Crippen molar-refractivity contribution >= 4 is 33.4 Å². The third-order valence-electron chi connectivity index (χ3n) is 4.64. The van der Waals surface area contributed by atoms with Gasteiger partial charge in [0.25, 0.3) is 0 Å². The number of rotatable bonds is 3. The Labute approximate surface area is 163 Å². The zero-order valence-electron chi connectivity index (χ0n) is 14.6. The highest BCUT2D eigenvalue weighted by Gasteiger charge is 2.58. The predicted molar refractivity (Wildman–Crippen MR) is 96.3 cm³/mol. The third-order valence-corrected chi connectivity index (χ3v) is 4.93. The summed E-state index contributed by atoms with van der Waals surface area (Å²) in [6.07, 6.45) is -3.31. The molecule has 4 rings (SSSR count). The van der Waals surface area contributed by atoms with Crippen molar-refractivity contribution in [2.24, 2.45) is 0 Å². The van der Waals surface area contributed by atoms with E-state index in [9.17, 15) is 26.7 Å². The van der Waals surface area contributed by atoms with Gasteiger partial charge in [-0.1, -0.05) is 11.6 Å². The minimum atomic E-state index is -5.74. The number of benzene rings is 1. The molecule has 0 saturated heterocycles. The highest BCUT2D eigenvalue weighted by atomic mass is 35.5. The van der Waals surface area contributed by atoms with Crippen LogP contribution >= 0.6 is 11.6 Å². The summed E-state index contributed by atoms with van der Waals surface area (Å²) in [4.78, 5) is 18.2. The molecule has 0 aliphatic carbocycles. The number of aryl methyl sites for hydroxylation is 1. The van der Waals surface area contributed by atoms with Crippen LogP contribution in [0.15, 0.2) is 39.9 Å². The van der Waals surface area contributed by atoms with Crippen molar-refractivity contribution < 1.29 is 26.4 Å². The summed E-state index contributed by atoms with van der Waals surface area (Å²) in [7, 11) is 0. The molecule has 0 aliphatic heterocycles. The van der Waals surface area contributed by atoms with Gasteiger partial charge in [0.1, 0.15) is 12.0 Å². The standard InChI is InChI=1S/C18H11ClF5N3O2/c1-8-13-11(3-2-10-14(13)9(19)6-12(28)26-10)27(7-17(20,21)18(22,23)24)15(8)16-25-4-5-29-16/h2-6H,7H2,1H3,(H,26,28). The van der Waals surface area contributed by atoms with E-state index in [1.165, 1.54) is 31.5 Å². The third kappa shape index (κ3) is 2.98.